The van der Waals surface area contributed by atoms with Crippen LogP contribution >= 0.6 is 11.6 Å². The van der Waals surface area contributed by atoms with Gasteiger partial charge < -0.3 is 9.30 Å². The topological polar surface area (TPSA) is 39.4 Å². The summed E-state index contributed by atoms with van der Waals surface area (Å²) < 4.78 is 39.3. The molecular weight excluding hydrogens is 472 g/mol. The highest BCUT2D eigenvalue weighted by atomic mass is 35.5. The quantitative estimate of drug-likeness (QED) is 0.398. The lowest BCUT2D eigenvalue weighted by Crippen LogP contribution is -2.45. The highest BCUT2D eigenvalue weighted by molar-refractivity contribution is 6.30. The first-order valence-corrected chi connectivity index (χ1v) is 12.3. The van der Waals surface area contributed by atoms with E-state index >= 15 is 4.39 Å². The van der Waals surface area contributed by atoms with E-state index in [1.165, 1.54) is 27.3 Å². The molecule has 0 spiro atoms. The minimum atomic E-state index is -0.599. The van der Waals surface area contributed by atoms with E-state index in [-0.39, 0.29) is 28.3 Å². The molecule has 2 aromatic carbocycles. The summed E-state index contributed by atoms with van der Waals surface area (Å²) in [6.45, 7) is 4.56. The van der Waals surface area contributed by atoms with E-state index in [1.807, 2.05) is 6.08 Å². The monoisotopic (exact) mass is 499 g/mol. The Morgan fingerprint density at radius 1 is 1.17 bits per heavy atom. The summed E-state index contributed by atoms with van der Waals surface area (Å²) in [5, 5.41) is 0.283. The summed E-state index contributed by atoms with van der Waals surface area (Å²) in [6.07, 6.45) is 9.33. The van der Waals surface area contributed by atoms with E-state index in [1.54, 1.807) is 31.6 Å². The van der Waals surface area contributed by atoms with E-state index in [0.717, 1.165) is 25.7 Å². The molecule has 2 unspecified atom stereocenters. The van der Waals surface area contributed by atoms with Crippen LogP contribution in [0.15, 0.2) is 60.2 Å². The first-order chi connectivity index (χ1) is 16.9. The number of hydrogen-bond acceptors (Lipinski definition) is 3. The molecule has 0 bridgehead atoms. The Hall–Kier alpha value is -2.90. The summed E-state index contributed by atoms with van der Waals surface area (Å²) in [5.41, 5.74) is 1.33. The number of hydrogen-bond donors (Lipinski definition) is 0. The fourth-order valence-corrected chi connectivity index (χ4v) is 5.74. The third kappa shape index (κ3) is 4.43. The van der Waals surface area contributed by atoms with Gasteiger partial charge in [-0.2, -0.15) is 0 Å². The lowest BCUT2D eigenvalue weighted by Gasteiger charge is -2.37. The highest BCUT2D eigenvalue weighted by Crippen LogP contribution is 2.43. The van der Waals surface area contributed by atoms with Gasteiger partial charge in [-0.1, -0.05) is 30.5 Å². The van der Waals surface area contributed by atoms with Gasteiger partial charge in [-0.3, -0.25) is 9.47 Å². The molecule has 0 radical (unpaired) electrons. The van der Waals surface area contributed by atoms with Gasteiger partial charge in [0.15, 0.2) is 11.6 Å². The van der Waals surface area contributed by atoms with Crippen molar-refractivity contribution >= 4 is 11.6 Å². The Kier molecular flexibility index (Phi) is 6.55. The predicted octanol–water partition coefficient (Wildman–Crippen LogP) is 5.58. The molecule has 1 saturated carbocycles. The maximum absolute atomic E-state index is 15.3. The number of fused-ring (bicyclic) bond motifs is 1. The lowest BCUT2D eigenvalue weighted by atomic mass is 10.1. The van der Waals surface area contributed by atoms with E-state index < -0.39 is 11.9 Å². The number of benzene rings is 2. The Balaban J connectivity index is 1.52. The van der Waals surface area contributed by atoms with Crippen LogP contribution in [0.2, 0.25) is 5.02 Å². The average molecular weight is 500 g/mol. The van der Waals surface area contributed by atoms with Crippen molar-refractivity contribution in [2.24, 2.45) is 7.05 Å². The zero-order valence-corrected chi connectivity index (χ0v) is 20.3. The number of imidazole rings is 1. The van der Waals surface area contributed by atoms with Crippen LogP contribution in [-0.2, 0) is 13.5 Å². The number of nitrogens with zero attached hydrogens (tertiary/aromatic N) is 3. The van der Waals surface area contributed by atoms with Crippen LogP contribution in [0, 0.1) is 11.6 Å². The molecule has 2 aliphatic carbocycles. The fourth-order valence-electron chi connectivity index (χ4n) is 5.52. The molecule has 0 N–H and O–H groups in total. The molecule has 0 amide bonds. The minimum Gasteiger partial charge on any atom is -0.481 e. The van der Waals surface area contributed by atoms with E-state index in [2.05, 4.69) is 11.5 Å². The van der Waals surface area contributed by atoms with Crippen LogP contribution in [0.3, 0.4) is 0 Å². The molecule has 5 rings (SSSR count). The highest BCUT2D eigenvalue weighted by Gasteiger charge is 2.42. The molecule has 1 heterocycles. The van der Waals surface area contributed by atoms with Crippen LogP contribution < -0.4 is 10.4 Å². The third-order valence-electron chi connectivity index (χ3n) is 7.22. The number of halogens is 3. The second kappa shape index (κ2) is 9.63. The maximum atomic E-state index is 15.3. The van der Waals surface area contributed by atoms with Gasteiger partial charge in [-0.05, 0) is 49.1 Å². The summed E-state index contributed by atoms with van der Waals surface area (Å²) >= 11 is 6.22. The van der Waals surface area contributed by atoms with Gasteiger partial charge in [-0.15, -0.1) is 6.58 Å². The van der Waals surface area contributed by atoms with Crippen molar-refractivity contribution in [3.05, 3.63) is 93.6 Å². The molecule has 184 valence electrons. The number of ether oxygens (including phenoxy) is 1. The van der Waals surface area contributed by atoms with Crippen molar-refractivity contribution in [3.63, 3.8) is 0 Å². The van der Waals surface area contributed by atoms with Gasteiger partial charge in [0.05, 0.1) is 11.7 Å². The van der Waals surface area contributed by atoms with Crippen molar-refractivity contribution in [1.82, 2.24) is 14.0 Å². The molecule has 0 aliphatic heterocycles. The van der Waals surface area contributed by atoms with Crippen molar-refractivity contribution in [1.29, 1.82) is 0 Å². The molecule has 2 atom stereocenters. The lowest BCUT2D eigenvalue weighted by molar-refractivity contribution is 0.0553. The average Bonchev–Trinajstić information content (AvgIpc) is 3.55. The zero-order chi connectivity index (χ0) is 24.7. The molecule has 5 nitrogen and oxygen atoms in total. The van der Waals surface area contributed by atoms with E-state index in [0.29, 0.717) is 35.8 Å². The second-order valence-electron chi connectivity index (χ2n) is 9.37. The SMILES string of the molecule is C=CCN(C1CCCC1)C1Cc2c(F)cc(Cl)cc2C1Oc1ccc(-n2ccn(C)c2=O)cc1F. The van der Waals surface area contributed by atoms with Gasteiger partial charge in [0.1, 0.15) is 11.9 Å². The van der Waals surface area contributed by atoms with Gasteiger partial charge >= 0.3 is 5.69 Å². The van der Waals surface area contributed by atoms with Gasteiger partial charge in [0.25, 0.3) is 0 Å². The first kappa shape index (κ1) is 23.8. The molecule has 0 saturated heterocycles. The molecule has 3 aromatic rings. The van der Waals surface area contributed by atoms with Crippen molar-refractivity contribution in [3.8, 4) is 11.4 Å². The van der Waals surface area contributed by atoms with Crippen molar-refractivity contribution < 1.29 is 13.5 Å². The maximum Gasteiger partial charge on any atom is 0.332 e. The van der Waals surface area contributed by atoms with Gasteiger partial charge in [-0.25, -0.2) is 13.6 Å². The van der Waals surface area contributed by atoms with Crippen LogP contribution in [0.5, 0.6) is 5.75 Å². The normalized spacial score (nSPS) is 19.9. The van der Waals surface area contributed by atoms with Crippen LogP contribution in [0.4, 0.5) is 8.78 Å². The minimum absolute atomic E-state index is 0.0472. The largest absolute Gasteiger partial charge is 0.481 e. The Labute approximate surface area is 208 Å². The molecule has 8 heteroatoms. The van der Waals surface area contributed by atoms with Gasteiger partial charge in [0, 0.05) is 48.7 Å². The summed E-state index contributed by atoms with van der Waals surface area (Å²) in [7, 11) is 1.63. The van der Waals surface area contributed by atoms with Crippen molar-refractivity contribution in [2.45, 2.75) is 50.3 Å². The zero-order valence-electron chi connectivity index (χ0n) is 19.6. The Bertz CT molecular complexity index is 1310. The summed E-state index contributed by atoms with van der Waals surface area (Å²) in [4.78, 5) is 14.6. The van der Waals surface area contributed by atoms with Crippen molar-refractivity contribution in [2.75, 3.05) is 6.54 Å². The van der Waals surface area contributed by atoms with E-state index in [4.69, 9.17) is 16.3 Å². The molecule has 1 fully saturated rings. The number of aryl methyl sites for hydroxylation is 1. The summed E-state index contributed by atoms with van der Waals surface area (Å²) in [6, 6.07) is 7.64. The van der Waals surface area contributed by atoms with Crippen LogP contribution in [0.25, 0.3) is 5.69 Å². The van der Waals surface area contributed by atoms with E-state index in [9.17, 15) is 9.18 Å². The molecular formula is C27H28ClF2N3O2. The molecule has 35 heavy (non-hydrogen) atoms. The number of aromatic nitrogens is 2. The Morgan fingerprint density at radius 2 is 1.94 bits per heavy atom. The number of rotatable bonds is 7. The first-order valence-electron chi connectivity index (χ1n) is 11.9. The third-order valence-corrected chi connectivity index (χ3v) is 7.44. The smallest absolute Gasteiger partial charge is 0.332 e. The molecule has 2 aliphatic rings. The Morgan fingerprint density at radius 3 is 2.60 bits per heavy atom. The standard InChI is InChI=1S/C27H28ClF2N3O2/c1-3-10-32(18-6-4-5-7-18)24-16-20-21(13-17(28)14-22(20)29)26(24)35-25-9-8-19(15-23(25)30)33-12-11-31(2)27(33)34/h3,8-9,11-15,18,24,26H,1,4-7,10,16H2,2H3. The summed E-state index contributed by atoms with van der Waals surface area (Å²) in [5.74, 6) is -0.914. The van der Waals surface area contributed by atoms with Crippen LogP contribution in [0.1, 0.15) is 42.9 Å². The van der Waals surface area contributed by atoms with Crippen LogP contribution in [-0.4, -0.2) is 32.7 Å². The molecule has 1 aromatic heterocycles. The van der Waals surface area contributed by atoms with Gasteiger partial charge in [0.2, 0.25) is 0 Å². The predicted molar refractivity (Wildman–Crippen MR) is 132 cm³/mol. The fraction of sp³-hybridized carbons (Fsp3) is 0.370. The second-order valence-corrected chi connectivity index (χ2v) is 9.80.